The second kappa shape index (κ2) is 11.7. The smallest absolute Gasteiger partial charge is 0.387 e. The van der Waals surface area contributed by atoms with Crippen LogP contribution < -0.4 is 15.4 Å². The summed E-state index contributed by atoms with van der Waals surface area (Å²) in [6.45, 7) is 0.0659. The summed E-state index contributed by atoms with van der Waals surface area (Å²) >= 11 is 5.82. The van der Waals surface area contributed by atoms with E-state index in [1.54, 1.807) is 13.8 Å². The fraction of sp³-hybridized carbons (Fsp3) is 0.286. The molecule has 1 amide bonds. The molecule has 0 fully saturated rings. The predicted octanol–water partition coefficient (Wildman–Crippen LogP) is 5.97. The third kappa shape index (κ3) is 7.04. The maximum Gasteiger partial charge on any atom is 0.387 e. The monoisotopic (exact) mass is 532 g/mol. The van der Waals surface area contributed by atoms with Crippen molar-refractivity contribution < 1.29 is 36.3 Å². The Morgan fingerprint density at radius 3 is 2.49 bits per heavy atom. The summed E-state index contributed by atoms with van der Waals surface area (Å²) in [6, 6.07) is 6.41. The summed E-state index contributed by atoms with van der Waals surface area (Å²) in [4.78, 5) is 20.8. The zero-order valence-electron chi connectivity index (χ0n) is 18.6. The lowest BCUT2D eigenvalue weighted by Crippen LogP contribution is -2.19. The van der Waals surface area contributed by atoms with Crippen LogP contribution in [0.3, 0.4) is 0 Å². The summed E-state index contributed by atoms with van der Waals surface area (Å²) in [6.07, 6.45) is 0.534. The van der Waals surface area contributed by atoms with Crippen molar-refractivity contribution in [1.82, 2.24) is 9.97 Å². The van der Waals surface area contributed by atoms with Gasteiger partial charge in [-0.3, -0.25) is 9.36 Å². The number of aromatic nitrogens is 2. The lowest BCUT2D eigenvalue weighted by Gasteiger charge is -2.18. The number of benzene rings is 2. The van der Waals surface area contributed by atoms with Gasteiger partial charge in [-0.25, -0.2) is 14.4 Å². The molecular weight excluding hydrogens is 512 g/mol. The minimum atomic E-state index is -3.75. The number of hydrogen-bond acceptors (Lipinski definition) is 8. The number of nitrogens with zero attached hydrogens (tertiary/aromatic N) is 2. The molecular formula is C21H21ClF3N4O5P. The number of ether oxygens (including phenoxy) is 1. The fourth-order valence-electron chi connectivity index (χ4n) is 3.07. The third-order valence-electron chi connectivity index (χ3n) is 4.40. The number of hydrogen-bond donors (Lipinski definition) is 2. The summed E-state index contributed by atoms with van der Waals surface area (Å²) < 4.78 is 67.0. The van der Waals surface area contributed by atoms with Gasteiger partial charge in [-0.1, -0.05) is 11.6 Å². The molecule has 1 heterocycles. The molecule has 3 rings (SSSR count). The fourth-order valence-corrected chi connectivity index (χ4v) is 4.73. The zero-order chi connectivity index (χ0) is 25.6. The van der Waals surface area contributed by atoms with Gasteiger partial charge in [0.05, 0.1) is 29.4 Å². The molecule has 2 N–H and O–H groups in total. The average Bonchev–Trinajstić information content (AvgIpc) is 2.77. The number of fused-ring (bicyclic) bond motifs is 1. The maximum atomic E-state index is 13.5. The molecule has 1 aromatic heterocycles. The number of carbonyl (C=O) groups is 1. The van der Waals surface area contributed by atoms with E-state index >= 15 is 0 Å². The predicted molar refractivity (Wildman–Crippen MR) is 125 cm³/mol. The van der Waals surface area contributed by atoms with Crippen molar-refractivity contribution in [3.05, 3.63) is 47.5 Å². The molecule has 0 unspecified atom stereocenters. The van der Waals surface area contributed by atoms with Crippen molar-refractivity contribution in [3.8, 4) is 5.75 Å². The molecule has 0 saturated carbocycles. The lowest BCUT2D eigenvalue weighted by atomic mass is 10.2. The van der Waals surface area contributed by atoms with E-state index < -0.39 is 32.1 Å². The van der Waals surface area contributed by atoms with E-state index in [9.17, 15) is 22.5 Å². The molecule has 0 aliphatic heterocycles. The van der Waals surface area contributed by atoms with Gasteiger partial charge in [0.1, 0.15) is 24.1 Å². The lowest BCUT2D eigenvalue weighted by molar-refractivity contribution is -0.114. The number of amides is 1. The molecule has 0 radical (unpaired) electrons. The van der Waals surface area contributed by atoms with Crippen molar-refractivity contribution >= 4 is 53.2 Å². The Balaban J connectivity index is 1.98. The topological polar surface area (TPSA) is 112 Å². The van der Waals surface area contributed by atoms with Crippen molar-refractivity contribution in [3.63, 3.8) is 0 Å². The molecule has 188 valence electrons. The standard InChI is InChI=1S/C21H21ClF3N4O5P/c1-3-32-35(31,33-4-2)10-19(30)29-17-8-13-16(9-18(17)34-21(24)25)26-11-27-20(13)28-12-5-6-15(23)14(22)7-12/h5-9,11,21H,3-4,10H2,1-2H3,(H,29,30)(H,26,27,28). The van der Waals surface area contributed by atoms with Crippen LogP contribution in [0.1, 0.15) is 13.8 Å². The van der Waals surface area contributed by atoms with Gasteiger partial charge in [0.2, 0.25) is 5.91 Å². The van der Waals surface area contributed by atoms with Gasteiger partial charge in [-0.05, 0) is 38.1 Å². The number of anilines is 3. The summed E-state index contributed by atoms with van der Waals surface area (Å²) in [7, 11) is -3.75. The van der Waals surface area contributed by atoms with E-state index in [1.165, 1.54) is 30.6 Å². The summed E-state index contributed by atoms with van der Waals surface area (Å²) in [5.74, 6) is -1.59. The molecule has 0 aliphatic rings. The van der Waals surface area contributed by atoms with Crippen LogP contribution in [-0.4, -0.2) is 41.9 Å². The van der Waals surface area contributed by atoms with Crippen LogP contribution >= 0.6 is 19.2 Å². The Kier molecular flexibility index (Phi) is 8.90. The van der Waals surface area contributed by atoms with Gasteiger partial charge in [-0.15, -0.1) is 0 Å². The molecule has 35 heavy (non-hydrogen) atoms. The van der Waals surface area contributed by atoms with Gasteiger partial charge in [0.15, 0.2) is 5.75 Å². The van der Waals surface area contributed by atoms with Crippen molar-refractivity contribution in [2.45, 2.75) is 20.5 Å². The van der Waals surface area contributed by atoms with Crippen molar-refractivity contribution in [1.29, 1.82) is 0 Å². The average molecular weight is 533 g/mol. The highest BCUT2D eigenvalue weighted by Gasteiger charge is 2.28. The van der Waals surface area contributed by atoms with E-state index in [0.717, 1.165) is 6.07 Å². The molecule has 0 spiro atoms. The Morgan fingerprint density at radius 2 is 1.86 bits per heavy atom. The first-order chi connectivity index (χ1) is 16.6. The van der Waals surface area contributed by atoms with Gasteiger partial charge in [-0.2, -0.15) is 8.78 Å². The number of nitrogens with one attached hydrogen (secondary N) is 2. The summed E-state index contributed by atoms with van der Waals surface area (Å²) in [5.41, 5.74) is 0.445. The largest absolute Gasteiger partial charge is 0.433 e. The van der Waals surface area contributed by atoms with E-state index in [2.05, 4.69) is 25.3 Å². The molecule has 3 aromatic rings. The highest BCUT2D eigenvalue weighted by molar-refractivity contribution is 7.54. The Hall–Kier alpha value is -2.92. The molecule has 9 nitrogen and oxygen atoms in total. The second-order valence-corrected chi connectivity index (χ2v) is 9.33. The first-order valence-electron chi connectivity index (χ1n) is 10.3. The van der Waals surface area contributed by atoms with Crippen LogP contribution in [0.4, 0.5) is 30.4 Å². The molecule has 14 heteroatoms. The number of halogens is 4. The van der Waals surface area contributed by atoms with Crippen LogP contribution in [0.25, 0.3) is 10.9 Å². The van der Waals surface area contributed by atoms with Gasteiger partial charge in [0.25, 0.3) is 0 Å². The maximum absolute atomic E-state index is 13.5. The van der Waals surface area contributed by atoms with Crippen LogP contribution in [0, 0.1) is 5.82 Å². The van der Waals surface area contributed by atoms with Crippen LogP contribution in [0.15, 0.2) is 36.7 Å². The molecule has 0 bridgehead atoms. The molecule has 0 saturated heterocycles. The van der Waals surface area contributed by atoms with E-state index in [1.807, 2.05) is 0 Å². The molecule has 2 aromatic carbocycles. The minimum absolute atomic E-state index is 0.0417. The number of alkyl halides is 2. The van der Waals surface area contributed by atoms with E-state index in [0.29, 0.717) is 11.1 Å². The highest BCUT2D eigenvalue weighted by Crippen LogP contribution is 2.48. The second-order valence-electron chi connectivity index (χ2n) is 6.87. The minimum Gasteiger partial charge on any atom is -0.433 e. The molecule has 0 aliphatic carbocycles. The number of carbonyl (C=O) groups excluding carboxylic acids is 1. The first-order valence-corrected chi connectivity index (χ1v) is 12.4. The van der Waals surface area contributed by atoms with E-state index in [-0.39, 0.29) is 41.0 Å². The molecule has 0 atom stereocenters. The summed E-state index contributed by atoms with van der Waals surface area (Å²) in [5, 5.41) is 5.53. The normalized spacial score (nSPS) is 11.6. The van der Waals surface area contributed by atoms with E-state index in [4.69, 9.17) is 20.6 Å². The van der Waals surface area contributed by atoms with Crippen LogP contribution in [-0.2, 0) is 18.4 Å². The number of rotatable bonds is 11. The van der Waals surface area contributed by atoms with Crippen molar-refractivity contribution in [2.75, 3.05) is 30.0 Å². The van der Waals surface area contributed by atoms with Gasteiger partial charge < -0.3 is 24.4 Å². The van der Waals surface area contributed by atoms with Crippen molar-refractivity contribution in [2.24, 2.45) is 0 Å². The Labute approximate surface area is 203 Å². The van der Waals surface area contributed by atoms with Gasteiger partial charge >= 0.3 is 14.2 Å². The SMILES string of the molecule is CCOP(=O)(CC(=O)Nc1cc2c(Nc3ccc(F)c(Cl)c3)ncnc2cc1OC(F)F)OCC. The third-order valence-corrected chi connectivity index (χ3v) is 6.67. The quantitative estimate of drug-likeness (QED) is 0.290. The van der Waals surface area contributed by atoms with Crippen LogP contribution in [0.5, 0.6) is 5.75 Å². The van der Waals surface area contributed by atoms with Crippen LogP contribution in [0.2, 0.25) is 5.02 Å². The Morgan fingerprint density at radius 1 is 1.14 bits per heavy atom. The Bertz CT molecular complexity index is 1260. The first kappa shape index (κ1) is 26.7. The highest BCUT2D eigenvalue weighted by atomic mass is 35.5. The van der Waals surface area contributed by atoms with Gasteiger partial charge in [0, 0.05) is 17.1 Å². The zero-order valence-corrected chi connectivity index (χ0v) is 20.2.